The van der Waals surface area contributed by atoms with Gasteiger partial charge in [0.15, 0.2) is 0 Å². The van der Waals surface area contributed by atoms with Crippen molar-refractivity contribution in [3.05, 3.63) is 135 Å². The molecule has 1 aliphatic heterocycles. The Morgan fingerprint density at radius 1 is 0.674 bits per heavy atom. The molecular formula is C42H48N4. The molecule has 0 saturated carbocycles. The molecule has 3 aromatic carbocycles. The van der Waals surface area contributed by atoms with Crippen molar-refractivity contribution in [1.29, 1.82) is 0 Å². The van der Waals surface area contributed by atoms with Gasteiger partial charge in [0.1, 0.15) is 0 Å². The number of anilines is 1. The molecule has 0 aliphatic carbocycles. The molecule has 0 N–H and O–H groups in total. The number of aromatic nitrogens is 2. The number of nitrogens with zero attached hydrogens (tertiary/aromatic N) is 4. The van der Waals surface area contributed by atoms with Gasteiger partial charge in [0.25, 0.3) is 0 Å². The Hall–Kier alpha value is -4.28. The molecule has 3 heterocycles. The normalized spacial score (nSPS) is 14.1. The van der Waals surface area contributed by atoms with E-state index in [0.29, 0.717) is 6.04 Å². The highest BCUT2D eigenvalue weighted by Crippen LogP contribution is 2.32. The van der Waals surface area contributed by atoms with Crippen molar-refractivity contribution in [2.24, 2.45) is 0 Å². The summed E-state index contributed by atoms with van der Waals surface area (Å²) in [5, 5.41) is 0. The number of likely N-dealkylation sites (tertiary alicyclic amines) is 1. The third-order valence-electron chi connectivity index (χ3n) is 10.2. The van der Waals surface area contributed by atoms with Crippen LogP contribution in [-0.4, -0.2) is 34.0 Å². The fourth-order valence-corrected chi connectivity index (χ4v) is 6.91. The summed E-state index contributed by atoms with van der Waals surface area (Å²) in [7, 11) is 0. The summed E-state index contributed by atoms with van der Waals surface area (Å²) < 4.78 is 0. The minimum atomic E-state index is 0.458. The van der Waals surface area contributed by atoms with E-state index in [1.165, 1.54) is 66.9 Å². The van der Waals surface area contributed by atoms with Gasteiger partial charge < -0.3 is 4.90 Å². The second-order valence-electron chi connectivity index (χ2n) is 13.5. The molecular weight excluding hydrogens is 560 g/mol. The monoisotopic (exact) mass is 608 g/mol. The Balaban J connectivity index is 1.20. The molecule has 0 bridgehead atoms. The second kappa shape index (κ2) is 13.6. The van der Waals surface area contributed by atoms with Crippen molar-refractivity contribution in [3.63, 3.8) is 0 Å². The van der Waals surface area contributed by atoms with E-state index in [9.17, 15) is 0 Å². The summed E-state index contributed by atoms with van der Waals surface area (Å²) in [5.41, 5.74) is 17.8. The molecule has 2 aromatic heterocycles. The first-order chi connectivity index (χ1) is 22.2. The molecule has 0 unspecified atom stereocenters. The van der Waals surface area contributed by atoms with Crippen molar-refractivity contribution in [1.82, 2.24) is 14.9 Å². The Morgan fingerprint density at radius 3 is 1.91 bits per heavy atom. The highest BCUT2D eigenvalue weighted by atomic mass is 15.2. The average Bonchev–Trinajstić information content (AvgIpc) is 3.06. The quantitative estimate of drug-likeness (QED) is 0.176. The van der Waals surface area contributed by atoms with E-state index >= 15 is 0 Å². The van der Waals surface area contributed by atoms with E-state index in [2.05, 4.69) is 131 Å². The highest BCUT2D eigenvalue weighted by molar-refractivity contribution is 5.67. The predicted molar refractivity (Wildman–Crippen MR) is 193 cm³/mol. The van der Waals surface area contributed by atoms with E-state index in [0.717, 1.165) is 50.4 Å². The zero-order valence-electron chi connectivity index (χ0n) is 28.7. The number of benzene rings is 3. The van der Waals surface area contributed by atoms with Crippen molar-refractivity contribution in [2.45, 2.75) is 80.4 Å². The maximum Gasteiger partial charge on any atom is 0.0752 e. The molecule has 0 radical (unpaired) electrons. The van der Waals surface area contributed by atoms with Crippen LogP contribution in [-0.2, 0) is 13.1 Å². The van der Waals surface area contributed by atoms with Gasteiger partial charge in [-0.15, -0.1) is 0 Å². The number of piperidine rings is 1. The maximum atomic E-state index is 4.93. The van der Waals surface area contributed by atoms with Gasteiger partial charge in [0.2, 0.25) is 0 Å². The lowest BCUT2D eigenvalue weighted by atomic mass is 9.95. The highest BCUT2D eigenvalue weighted by Gasteiger charge is 2.26. The standard InChI is InChI=1S/C42H48N4/c1-28-10-12-39(13-11-28)46(27-36-9-8-17-44-42(36)38-23-31(4)34(7)32(5)24-38)40-15-19-45(20-16-40)26-35-14-18-43-41(25-35)37-21-29(2)33(6)30(3)22-37/h8-14,17-18,21-25,40H,15-16,19-20,26-27H2,1-7H3. The molecule has 5 aromatic rings. The van der Waals surface area contributed by atoms with Crippen LogP contribution < -0.4 is 4.90 Å². The van der Waals surface area contributed by atoms with Gasteiger partial charge in [-0.25, -0.2) is 0 Å². The Labute approximate surface area is 276 Å². The van der Waals surface area contributed by atoms with Crippen LogP contribution >= 0.6 is 0 Å². The summed E-state index contributed by atoms with van der Waals surface area (Å²) in [6, 6.07) is 27.5. The molecule has 1 saturated heterocycles. The van der Waals surface area contributed by atoms with Crippen molar-refractivity contribution in [3.8, 4) is 22.5 Å². The molecule has 1 fully saturated rings. The first kappa shape index (κ1) is 31.7. The Kier molecular flexibility index (Phi) is 9.37. The van der Waals surface area contributed by atoms with Gasteiger partial charge in [0, 0.05) is 61.4 Å². The fourth-order valence-electron chi connectivity index (χ4n) is 6.91. The van der Waals surface area contributed by atoms with Gasteiger partial charge in [-0.05, 0) is 160 Å². The van der Waals surface area contributed by atoms with Gasteiger partial charge >= 0.3 is 0 Å². The van der Waals surface area contributed by atoms with E-state index in [-0.39, 0.29) is 0 Å². The second-order valence-corrected chi connectivity index (χ2v) is 13.5. The van der Waals surface area contributed by atoms with Crippen LogP contribution in [0.2, 0.25) is 0 Å². The molecule has 1 aliphatic rings. The number of aryl methyl sites for hydroxylation is 5. The number of rotatable bonds is 8. The number of hydrogen-bond acceptors (Lipinski definition) is 4. The molecule has 236 valence electrons. The lowest BCUT2D eigenvalue weighted by Gasteiger charge is -2.40. The number of pyridine rings is 2. The first-order valence-corrected chi connectivity index (χ1v) is 16.8. The van der Waals surface area contributed by atoms with E-state index < -0.39 is 0 Å². The van der Waals surface area contributed by atoms with Crippen molar-refractivity contribution >= 4 is 5.69 Å². The maximum absolute atomic E-state index is 4.93. The lowest BCUT2D eigenvalue weighted by molar-refractivity contribution is 0.201. The third-order valence-corrected chi connectivity index (χ3v) is 10.2. The molecule has 46 heavy (non-hydrogen) atoms. The number of hydrogen-bond donors (Lipinski definition) is 0. The minimum absolute atomic E-state index is 0.458. The van der Waals surface area contributed by atoms with Crippen LogP contribution in [0.5, 0.6) is 0 Å². The SMILES string of the molecule is Cc1ccc(N(Cc2cccnc2-c2cc(C)c(C)c(C)c2)C2CCN(Cc3ccnc(-c4cc(C)c(C)c(C)c4)c3)CC2)cc1. The Bertz CT molecular complexity index is 1780. The van der Waals surface area contributed by atoms with Crippen molar-refractivity contribution in [2.75, 3.05) is 18.0 Å². The molecule has 4 nitrogen and oxygen atoms in total. The molecule has 0 atom stereocenters. The summed E-state index contributed by atoms with van der Waals surface area (Å²) in [6.45, 7) is 19.3. The van der Waals surface area contributed by atoms with Crippen LogP contribution in [0.25, 0.3) is 22.5 Å². The molecule has 4 heteroatoms. The zero-order valence-corrected chi connectivity index (χ0v) is 28.7. The van der Waals surface area contributed by atoms with Gasteiger partial charge in [-0.3, -0.25) is 14.9 Å². The molecule has 6 rings (SSSR count). The fraction of sp³-hybridized carbons (Fsp3) is 0.333. The predicted octanol–water partition coefficient (Wildman–Crippen LogP) is 9.64. The van der Waals surface area contributed by atoms with Crippen LogP contribution in [0.3, 0.4) is 0 Å². The first-order valence-electron chi connectivity index (χ1n) is 16.8. The van der Waals surface area contributed by atoms with E-state index in [4.69, 9.17) is 9.97 Å². The van der Waals surface area contributed by atoms with Crippen LogP contribution in [0.4, 0.5) is 5.69 Å². The third kappa shape index (κ3) is 6.93. The zero-order chi connectivity index (χ0) is 32.4. The van der Waals surface area contributed by atoms with Gasteiger partial charge in [0.05, 0.1) is 11.4 Å². The van der Waals surface area contributed by atoms with E-state index in [1.807, 2.05) is 12.4 Å². The Morgan fingerprint density at radius 2 is 1.28 bits per heavy atom. The van der Waals surface area contributed by atoms with Gasteiger partial charge in [-0.2, -0.15) is 0 Å². The molecule has 0 amide bonds. The van der Waals surface area contributed by atoms with E-state index in [1.54, 1.807) is 0 Å². The summed E-state index contributed by atoms with van der Waals surface area (Å²) in [5.74, 6) is 0. The largest absolute Gasteiger partial charge is 0.364 e. The summed E-state index contributed by atoms with van der Waals surface area (Å²) in [4.78, 5) is 14.9. The summed E-state index contributed by atoms with van der Waals surface area (Å²) >= 11 is 0. The molecule has 0 spiro atoms. The van der Waals surface area contributed by atoms with Crippen molar-refractivity contribution < 1.29 is 0 Å². The van der Waals surface area contributed by atoms with Crippen LogP contribution in [0.1, 0.15) is 62.9 Å². The van der Waals surface area contributed by atoms with Crippen LogP contribution in [0.15, 0.2) is 85.2 Å². The smallest absolute Gasteiger partial charge is 0.0752 e. The summed E-state index contributed by atoms with van der Waals surface area (Å²) in [6.07, 6.45) is 6.16. The topological polar surface area (TPSA) is 32.3 Å². The van der Waals surface area contributed by atoms with Gasteiger partial charge in [-0.1, -0.05) is 23.8 Å². The van der Waals surface area contributed by atoms with Crippen LogP contribution in [0, 0.1) is 48.5 Å². The average molecular weight is 609 g/mol. The lowest BCUT2D eigenvalue weighted by Crippen LogP contribution is -2.44. The minimum Gasteiger partial charge on any atom is -0.364 e.